The molecule has 1 saturated carbocycles. The molecule has 4 nitrogen and oxygen atoms in total. The monoisotopic (exact) mass is 267 g/mol. The Morgan fingerprint density at radius 1 is 1.67 bits per heavy atom. The first kappa shape index (κ1) is 13.3. The van der Waals surface area contributed by atoms with Crippen molar-refractivity contribution >= 4 is 17.5 Å². The van der Waals surface area contributed by atoms with E-state index in [1.807, 2.05) is 0 Å². The number of hydrogen-bond donors (Lipinski definition) is 1. The fourth-order valence-corrected chi connectivity index (χ4v) is 2.09. The number of hydrogen-bond acceptors (Lipinski definition) is 3. The van der Waals surface area contributed by atoms with Gasteiger partial charge in [0.25, 0.3) is 5.91 Å². The van der Waals surface area contributed by atoms with Crippen LogP contribution in [0.15, 0.2) is 18.5 Å². The number of carbonyl (C=O) groups is 1. The Kier molecular flexibility index (Phi) is 4.19. The molecular formula is C13H18ClN3O. The number of nitrogens with zero attached hydrogens (tertiary/aromatic N) is 2. The molecule has 1 aromatic heterocycles. The average molecular weight is 268 g/mol. The topological polar surface area (TPSA) is 45.2 Å². The van der Waals surface area contributed by atoms with Crippen LogP contribution in [0.3, 0.4) is 0 Å². The van der Waals surface area contributed by atoms with Crippen LogP contribution in [0.1, 0.15) is 30.1 Å². The normalized spacial score (nSPS) is 16.7. The van der Waals surface area contributed by atoms with Gasteiger partial charge in [-0.3, -0.25) is 14.7 Å². The first-order valence-electron chi connectivity index (χ1n) is 6.19. The summed E-state index contributed by atoms with van der Waals surface area (Å²) in [5, 5.41) is 3.30. The van der Waals surface area contributed by atoms with Crippen LogP contribution >= 0.6 is 11.6 Å². The average Bonchev–Trinajstić information content (AvgIpc) is 3.19. The third-order valence-corrected chi connectivity index (χ3v) is 3.69. The predicted octanol–water partition coefficient (Wildman–Crippen LogP) is 1.95. The van der Waals surface area contributed by atoms with Crippen LogP contribution in [0.25, 0.3) is 0 Å². The van der Waals surface area contributed by atoms with Crippen molar-refractivity contribution in [1.82, 2.24) is 15.2 Å². The molecule has 0 radical (unpaired) electrons. The lowest BCUT2D eigenvalue weighted by Gasteiger charge is -2.24. The zero-order chi connectivity index (χ0) is 13.1. The Hall–Kier alpha value is -1.13. The number of aromatic nitrogens is 1. The molecule has 1 aromatic rings. The number of amides is 1. The molecule has 2 rings (SSSR count). The van der Waals surface area contributed by atoms with Gasteiger partial charge in [0.15, 0.2) is 0 Å². The predicted molar refractivity (Wildman–Crippen MR) is 71.8 cm³/mol. The van der Waals surface area contributed by atoms with E-state index < -0.39 is 0 Å². The second-order valence-electron chi connectivity index (χ2n) is 4.81. The summed E-state index contributed by atoms with van der Waals surface area (Å²) in [6.07, 6.45) is 5.59. The summed E-state index contributed by atoms with van der Waals surface area (Å²) in [6, 6.07) is 2.66. The molecule has 18 heavy (non-hydrogen) atoms. The van der Waals surface area contributed by atoms with Gasteiger partial charge in [0.2, 0.25) is 0 Å². The van der Waals surface area contributed by atoms with Gasteiger partial charge >= 0.3 is 0 Å². The van der Waals surface area contributed by atoms with Gasteiger partial charge in [-0.05, 0) is 32.9 Å². The van der Waals surface area contributed by atoms with E-state index in [0.717, 1.165) is 0 Å². The molecule has 1 N–H and O–H groups in total. The van der Waals surface area contributed by atoms with Crippen molar-refractivity contribution in [3.8, 4) is 0 Å². The molecule has 1 fully saturated rings. The maximum absolute atomic E-state index is 11.9. The smallest absolute Gasteiger partial charge is 0.252 e. The van der Waals surface area contributed by atoms with Gasteiger partial charge in [-0.25, -0.2) is 0 Å². The molecule has 1 amide bonds. The third-order valence-electron chi connectivity index (χ3n) is 3.39. The van der Waals surface area contributed by atoms with E-state index >= 15 is 0 Å². The molecule has 0 aliphatic heterocycles. The highest BCUT2D eigenvalue weighted by Crippen LogP contribution is 2.26. The van der Waals surface area contributed by atoms with Crippen molar-refractivity contribution in [1.29, 1.82) is 0 Å². The molecule has 1 unspecified atom stereocenters. The van der Waals surface area contributed by atoms with Gasteiger partial charge in [0.1, 0.15) is 0 Å². The summed E-state index contributed by atoms with van der Waals surface area (Å²) in [6.45, 7) is 2.75. The van der Waals surface area contributed by atoms with Crippen LogP contribution in [0, 0.1) is 0 Å². The summed E-state index contributed by atoms with van der Waals surface area (Å²) in [4.78, 5) is 18.1. The largest absolute Gasteiger partial charge is 0.350 e. The van der Waals surface area contributed by atoms with Crippen LogP contribution in [0.5, 0.6) is 0 Å². The van der Waals surface area contributed by atoms with Crippen LogP contribution < -0.4 is 5.32 Å². The van der Waals surface area contributed by atoms with E-state index in [1.54, 1.807) is 12.3 Å². The molecular weight excluding hydrogens is 250 g/mol. The zero-order valence-corrected chi connectivity index (χ0v) is 11.4. The molecule has 1 heterocycles. The lowest BCUT2D eigenvalue weighted by Crippen LogP contribution is -2.41. The summed E-state index contributed by atoms with van der Waals surface area (Å²) in [5.41, 5.74) is 0.480. The van der Waals surface area contributed by atoms with Crippen LogP contribution in [0.4, 0.5) is 0 Å². The maximum atomic E-state index is 11.9. The van der Waals surface area contributed by atoms with Crippen molar-refractivity contribution in [3.05, 3.63) is 29.0 Å². The van der Waals surface area contributed by atoms with Gasteiger partial charge in [0, 0.05) is 31.0 Å². The minimum Gasteiger partial charge on any atom is -0.350 e. The van der Waals surface area contributed by atoms with Gasteiger partial charge < -0.3 is 5.32 Å². The number of nitrogens with one attached hydrogen (secondary N) is 1. The lowest BCUT2D eigenvalue weighted by atomic mass is 10.2. The zero-order valence-electron chi connectivity index (χ0n) is 10.7. The van der Waals surface area contributed by atoms with E-state index in [1.165, 1.54) is 19.0 Å². The van der Waals surface area contributed by atoms with Gasteiger partial charge in [-0.1, -0.05) is 11.6 Å². The van der Waals surface area contributed by atoms with Gasteiger partial charge in [-0.15, -0.1) is 0 Å². The van der Waals surface area contributed by atoms with E-state index in [9.17, 15) is 4.79 Å². The summed E-state index contributed by atoms with van der Waals surface area (Å²) in [5.74, 6) is -0.140. The Bertz CT molecular complexity index is 434. The highest BCUT2D eigenvalue weighted by Gasteiger charge is 2.29. The molecule has 1 aliphatic carbocycles. The fraction of sp³-hybridized carbons (Fsp3) is 0.538. The number of pyridine rings is 1. The molecule has 0 saturated heterocycles. The van der Waals surface area contributed by atoms with Gasteiger partial charge in [0.05, 0.1) is 10.6 Å². The number of likely N-dealkylation sites (N-methyl/N-ethyl adjacent to an activating group) is 1. The van der Waals surface area contributed by atoms with Crippen molar-refractivity contribution < 1.29 is 4.79 Å². The number of halogens is 1. The Balaban J connectivity index is 1.86. The van der Waals surface area contributed by atoms with Crippen molar-refractivity contribution in [2.24, 2.45) is 0 Å². The number of rotatable bonds is 5. The maximum Gasteiger partial charge on any atom is 0.252 e. The second kappa shape index (κ2) is 5.67. The first-order chi connectivity index (χ1) is 8.59. The molecule has 1 atom stereocenters. The van der Waals surface area contributed by atoms with E-state index in [0.29, 0.717) is 29.2 Å². The van der Waals surface area contributed by atoms with E-state index in [2.05, 4.69) is 29.2 Å². The highest BCUT2D eigenvalue weighted by atomic mass is 35.5. The van der Waals surface area contributed by atoms with Crippen LogP contribution in [-0.2, 0) is 0 Å². The minimum absolute atomic E-state index is 0.140. The Labute approximate surface area is 112 Å². The molecule has 1 aliphatic rings. The molecule has 0 aromatic carbocycles. The lowest BCUT2D eigenvalue weighted by molar-refractivity contribution is 0.0939. The third kappa shape index (κ3) is 3.21. The van der Waals surface area contributed by atoms with Crippen LogP contribution in [0.2, 0.25) is 5.02 Å². The Morgan fingerprint density at radius 2 is 2.39 bits per heavy atom. The molecule has 5 heteroatoms. The molecule has 98 valence electrons. The Morgan fingerprint density at radius 3 is 3.00 bits per heavy atom. The summed E-state index contributed by atoms with van der Waals surface area (Å²) >= 11 is 5.92. The quantitative estimate of drug-likeness (QED) is 0.887. The fourth-order valence-electron chi connectivity index (χ4n) is 1.88. The summed E-state index contributed by atoms with van der Waals surface area (Å²) in [7, 11) is 2.11. The second-order valence-corrected chi connectivity index (χ2v) is 5.22. The number of carbonyl (C=O) groups excluding carboxylic acids is 1. The summed E-state index contributed by atoms with van der Waals surface area (Å²) < 4.78 is 0. The molecule has 0 spiro atoms. The first-order valence-corrected chi connectivity index (χ1v) is 6.57. The van der Waals surface area contributed by atoms with Crippen molar-refractivity contribution in [3.63, 3.8) is 0 Å². The van der Waals surface area contributed by atoms with Crippen molar-refractivity contribution in [2.75, 3.05) is 13.6 Å². The van der Waals surface area contributed by atoms with Gasteiger partial charge in [-0.2, -0.15) is 0 Å². The van der Waals surface area contributed by atoms with E-state index in [-0.39, 0.29) is 5.91 Å². The van der Waals surface area contributed by atoms with E-state index in [4.69, 9.17) is 11.6 Å². The minimum atomic E-state index is -0.140. The van der Waals surface area contributed by atoms with Crippen LogP contribution in [-0.4, -0.2) is 41.5 Å². The highest BCUT2D eigenvalue weighted by molar-refractivity contribution is 6.33. The standard InChI is InChI=1S/C13H18ClN3O/c1-9(17(2)10-3-4-10)7-16-13(18)11-5-6-15-8-12(11)14/h5-6,8-10H,3-4,7H2,1-2H3,(H,16,18). The SMILES string of the molecule is CC(CNC(=O)c1ccncc1Cl)N(C)C1CC1. The molecule has 0 bridgehead atoms. The van der Waals surface area contributed by atoms with Crippen molar-refractivity contribution in [2.45, 2.75) is 31.8 Å².